The number of aliphatic hydroxyl groups is 4. The van der Waals surface area contributed by atoms with Crippen LogP contribution in [0.2, 0.25) is 0 Å². The minimum Gasteiger partial charge on any atom is -0.456 e. The molecule has 42 heavy (non-hydrogen) atoms. The molecule has 1 aromatic heterocycles. The van der Waals surface area contributed by atoms with Gasteiger partial charge in [0.1, 0.15) is 24.4 Å². The lowest BCUT2D eigenvalue weighted by Gasteiger charge is -2.39. The van der Waals surface area contributed by atoms with E-state index >= 15 is 8.78 Å². The van der Waals surface area contributed by atoms with E-state index in [2.05, 4.69) is 6.92 Å². The maximum absolute atomic E-state index is 15.4. The summed E-state index contributed by atoms with van der Waals surface area (Å²) in [5.74, 6) is -3.39. The molecule has 0 amide bonds. The Labute approximate surface area is 246 Å². The van der Waals surface area contributed by atoms with Gasteiger partial charge in [-0.1, -0.05) is 96.8 Å². The van der Waals surface area contributed by atoms with E-state index in [1.807, 2.05) is 0 Å². The summed E-state index contributed by atoms with van der Waals surface area (Å²) in [5.41, 5.74) is -0.810. The molecular formula is C32H48F2O8. The lowest BCUT2D eigenvalue weighted by atomic mass is 9.99. The van der Waals surface area contributed by atoms with Crippen molar-refractivity contribution in [3.05, 3.63) is 39.8 Å². The van der Waals surface area contributed by atoms with Gasteiger partial charge in [0.25, 0.3) is 0 Å². The summed E-state index contributed by atoms with van der Waals surface area (Å²) in [4.78, 5) is 12.2. The zero-order valence-corrected chi connectivity index (χ0v) is 24.7. The number of aryl methyl sites for hydroxylation is 1. The predicted molar refractivity (Wildman–Crippen MR) is 155 cm³/mol. The number of fused-ring (bicyclic) bond motifs is 1. The van der Waals surface area contributed by atoms with Crippen LogP contribution < -0.4 is 10.4 Å². The van der Waals surface area contributed by atoms with Crippen LogP contribution in [0.4, 0.5) is 8.78 Å². The quantitative estimate of drug-likeness (QED) is 0.120. The van der Waals surface area contributed by atoms with Crippen molar-refractivity contribution in [2.75, 3.05) is 6.61 Å². The second kappa shape index (κ2) is 17.9. The third-order valence-electron chi connectivity index (χ3n) is 8.10. The van der Waals surface area contributed by atoms with Gasteiger partial charge in [0.05, 0.1) is 6.61 Å². The average Bonchev–Trinajstić information content (AvgIpc) is 2.97. The summed E-state index contributed by atoms with van der Waals surface area (Å²) in [5, 5.41) is 39.5. The Morgan fingerprint density at radius 3 is 1.88 bits per heavy atom. The van der Waals surface area contributed by atoms with Gasteiger partial charge in [0, 0.05) is 11.5 Å². The van der Waals surface area contributed by atoms with Crippen LogP contribution >= 0.6 is 0 Å². The summed E-state index contributed by atoms with van der Waals surface area (Å²) < 4.78 is 45.8. The molecule has 0 unspecified atom stereocenters. The fourth-order valence-electron chi connectivity index (χ4n) is 5.55. The molecule has 238 valence electrons. The molecule has 8 nitrogen and oxygen atoms in total. The third kappa shape index (κ3) is 9.71. The first-order valence-corrected chi connectivity index (χ1v) is 15.7. The topological polar surface area (TPSA) is 130 Å². The zero-order chi connectivity index (χ0) is 30.5. The molecule has 1 aliphatic heterocycles. The highest BCUT2D eigenvalue weighted by atomic mass is 19.1. The highest BCUT2D eigenvalue weighted by molar-refractivity contribution is 5.82. The lowest BCUT2D eigenvalue weighted by Crippen LogP contribution is -2.60. The number of hydrogen-bond donors (Lipinski definition) is 4. The van der Waals surface area contributed by atoms with E-state index in [0.29, 0.717) is 12.0 Å². The molecule has 0 aliphatic carbocycles. The molecule has 0 bridgehead atoms. The zero-order valence-electron chi connectivity index (χ0n) is 24.7. The number of ether oxygens (including phenoxy) is 2. The fourth-order valence-corrected chi connectivity index (χ4v) is 5.55. The van der Waals surface area contributed by atoms with E-state index in [1.54, 1.807) is 0 Å². The van der Waals surface area contributed by atoms with Gasteiger partial charge >= 0.3 is 5.63 Å². The van der Waals surface area contributed by atoms with Crippen molar-refractivity contribution in [3.63, 3.8) is 0 Å². The molecule has 2 aromatic rings. The molecule has 1 aliphatic rings. The van der Waals surface area contributed by atoms with Gasteiger partial charge in [0.15, 0.2) is 17.1 Å². The van der Waals surface area contributed by atoms with Gasteiger partial charge < -0.3 is 34.3 Å². The van der Waals surface area contributed by atoms with Crippen LogP contribution in [0.25, 0.3) is 11.0 Å². The van der Waals surface area contributed by atoms with E-state index in [9.17, 15) is 25.2 Å². The molecule has 5 atom stereocenters. The molecule has 1 fully saturated rings. The molecule has 0 saturated carbocycles. The first-order valence-electron chi connectivity index (χ1n) is 15.7. The van der Waals surface area contributed by atoms with Gasteiger partial charge in [-0.2, -0.15) is 4.39 Å². The molecule has 1 saturated heterocycles. The Bertz CT molecular complexity index is 1140. The molecule has 4 N–H and O–H groups in total. The Kier molecular flexibility index (Phi) is 14.6. The van der Waals surface area contributed by atoms with E-state index in [-0.39, 0.29) is 5.39 Å². The van der Waals surface area contributed by atoms with Crippen molar-refractivity contribution in [3.8, 4) is 5.75 Å². The van der Waals surface area contributed by atoms with Crippen LogP contribution in [0.3, 0.4) is 0 Å². The molecule has 0 spiro atoms. The van der Waals surface area contributed by atoms with Gasteiger partial charge in [-0.25, -0.2) is 9.18 Å². The fraction of sp³-hybridized carbons (Fsp3) is 0.719. The largest absolute Gasteiger partial charge is 0.456 e. The molecule has 0 radical (unpaired) electrons. The minimum absolute atomic E-state index is 0.108. The summed E-state index contributed by atoms with van der Waals surface area (Å²) in [6.45, 7) is 1.51. The average molecular weight is 599 g/mol. The van der Waals surface area contributed by atoms with Crippen molar-refractivity contribution >= 4 is 11.0 Å². The highest BCUT2D eigenvalue weighted by Crippen LogP contribution is 2.34. The third-order valence-corrected chi connectivity index (χ3v) is 8.10. The van der Waals surface area contributed by atoms with Crippen LogP contribution in [-0.2, 0) is 11.2 Å². The van der Waals surface area contributed by atoms with Gasteiger partial charge in [-0.3, -0.25) is 0 Å². The number of halogens is 2. The minimum atomic E-state index is -1.86. The van der Waals surface area contributed by atoms with Gasteiger partial charge in [-0.15, -0.1) is 0 Å². The molecule has 2 heterocycles. The lowest BCUT2D eigenvalue weighted by molar-refractivity contribution is -0.278. The van der Waals surface area contributed by atoms with E-state index in [0.717, 1.165) is 31.7 Å². The smallest absolute Gasteiger partial charge is 0.336 e. The first-order chi connectivity index (χ1) is 20.3. The Balaban J connectivity index is 1.47. The first kappa shape index (κ1) is 34.4. The molecule has 1 aromatic carbocycles. The highest BCUT2D eigenvalue weighted by Gasteiger charge is 2.45. The van der Waals surface area contributed by atoms with Gasteiger partial charge in [-0.05, 0) is 24.5 Å². The van der Waals surface area contributed by atoms with Crippen molar-refractivity contribution in [2.24, 2.45) is 0 Å². The normalized spacial score (nSPS) is 22.6. The molecular weight excluding hydrogens is 550 g/mol. The van der Waals surface area contributed by atoms with Crippen molar-refractivity contribution in [2.45, 2.75) is 140 Å². The van der Waals surface area contributed by atoms with E-state index < -0.39 is 65.9 Å². The second-order valence-electron chi connectivity index (χ2n) is 11.5. The summed E-state index contributed by atoms with van der Waals surface area (Å²) >= 11 is 0. The Morgan fingerprint density at radius 1 is 0.786 bits per heavy atom. The monoisotopic (exact) mass is 598 g/mol. The number of unbranched alkanes of at least 4 members (excludes halogenated alkanes) is 14. The number of benzene rings is 1. The molecule has 3 rings (SSSR count). The Hall–Kier alpha value is -2.11. The van der Waals surface area contributed by atoms with E-state index in [1.165, 1.54) is 76.7 Å². The van der Waals surface area contributed by atoms with Crippen molar-refractivity contribution < 1.29 is 43.1 Å². The summed E-state index contributed by atoms with van der Waals surface area (Å²) in [6, 6.07) is 2.24. The van der Waals surface area contributed by atoms with Crippen LogP contribution in [-0.4, -0.2) is 57.7 Å². The Morgan fingerprint density at radius 2 is 1.33 bits per heavy atom. The number of rotatable bonds is 19. The number of aliphatic hydroxyl groups excluding tert-OH is 4. The van der Waals surface area contributed by atoms with E-state index in [4.69, 9.17) is 13.9 Å². The van der Waals surface area contributed by atoms with Crippen LogP contribution in [0.1, 0.15) is 109 Å². The van der Waals surface area contributed by atoms with Crippen LogP contribution in [0.15, 0.2) is 21.3 Å². The maximum Gasteiger partial charge on any atom is 0.336 e. The predicted octanol–water partition coefficient (Wildman–Crippen LogP) is 5.66. The maximum atomic E-state index is 15.4. The molecule has 10 heteroatoms. The second-order valence-corrected chi connectivity index (χ2v) is 11.5. The van der Waals surface area contributed by atoms with Crippen molar-refractivity contribution in [1.29, 1.82) is 0 Å². The SMILES string of the molecule is CCCCCCCCCCCCCCCCCc1cc(=O)oc2c(F)c(O[C@@H]3O[C@H](CO)[C@H](O)[C@H](O)[C@H]3O)c(F)cc12. The number of hydrogen-bond acceptors (Lipinski definition) is 8. The van der Waals surface area contributed by atoms with Crippen molar-refractivity contribution in [1.82, 2.24) is 0 Å². The van der Waals surface area contributed by atoms with Gasteiger partial charge in [0.2, 0.25) is 12.1 Å². The standard InChI is InChI=1S/C32H48F2O8/c1-2-3-4-5-6-7-8-9-10-11-12-13-14-15-16-17-21-18-25(36)41-30-22(21)19-23(33)31(26(30)34)42-32-29(39)28(38)27(37)24(20-35)40-32/h18-19,24,27-29,32,35,37-39H,2-17,20H2,1H3/t24-,27+,28+,29-,32+/m1/s1. The summed E-state index contributed by atoms with van der Waals surface area (Å²) in [6.07, 6.45) is 10.3. The summed E-state index contributed by atoms with van der Waals surface area (Å²) in [7, 11) is 0. The van der Waals surface area contributed by atoms with Crippen LogP contribution in [0.5, 0.6) is 5.75 Å². The van der Waals surface area contributed by atoms with Crippen LogP contribution in [0, 0.1) is 11.6 Å².